The second-order valence-corrected chi connectivity index (χ2v) is 6.80. The van der Waals surface area contributed by atoms with Gasteiger partial charge in [-0.1, -0.05) is 92.8 Å². The van der Waals surface area contributed by atoms with Crippen molar-refractivity contribution in [2.75, 3.05) is 13.1 Å². The van der Waals surface area contributed by atoms with E-state index in [4.69, 9.17) is 0 Å². The predicted octanol–water partition coefficient (Wildman–Crippen LogP) is 5.30. The Bertz CT molecular complexity index is 475. The second kappa shape index (κ2) is 13.6. The minimum Gasteiger partial charge on any atom is -0.313 e. The van der Waals surface area contributed by atoms with Crippen molar-refractivity contribution in [3.63, 3.8) is 0 Å². The summed E-state index contributed by atoms with van der Waals surface area (Å²) in [6.45, 7) is 4.27. The van der Waals surface area contributed by atoms with E-state index in [2.05, 4.69) is 71.3 Å². The summed E-state index contributed by atoms with van der Waals surface area (Å²) in [5, 5.41) is 7.06. The fourth-order valence-electron chi connectivity index (χ4n) is 3.04. The van der Waals surface area contributed by atoms with Crippen molar-refractivity contribution in [3.05, 3.63) is 71.8 Å². The zero-order chi connectivity index (χ0) is 17.4. The molecular weight excluding hydrogens is 304 g/mol. The molecule has 2 rings (SSSR count). The molecule has 2 aromatic carbocycles. The molecule has 0 heterocycles. The van der Waals surface area contributed by atoms with Crippen LogP contribution < -0.4 is 10.6 Å². The third-order valence-electron chi connectivity index (χ3n) is 4.55. The van der Waals surface area contributed by atoms with Crippen LogP contribution in [0.4, 0.5) is 0 Å². The Balaban J connectivity index is 1.30. The molecule has 0 saturated carbocycles. The van der Waals surface area contributed by atoms with Gasteiger partial charge < -0.3 is 10.6 Å². The van der Waals surface area contributed by atoms with Gasteiger partial charge in [0.1, 0.15) is 0 Å². The van der Waals surface area contributed by atoms with Crippen molar-refractivity contribution in [1.82, 2.24) is 10.6 Å². The van der Waals surface area contributed by atoms with Gasteiger partial charge in [-0.05, 0) is 37.1 Å². The summed E-state index contributed by atoms with van der Waals surface area (Å²) in [6, 6.07) is 21.3. The Morgan fingerprint density at radius 3 is 1.20 bits per heavy atom. The number of benzene rings is 2. The van der Waals surface area contributed by atoms with Gasteiger partial charge in [0.2, 0.25) is 0 Å². The third-order valence-corrected chi connectivity index (χ3v) is 4.55. The van der Waals surface area contributed by atoms with Crippen LogP contribution in [0.5, 0.6) is 0 Å². The molecule has 0 unspecified atom stereocenters. The summed E-state index contributed by atoms with van der Waals surface area (Å²) in [6.07, 6.45) is 9.45. The van der Waals surface area contributed by atoms with E-state index in [1.54, 1.807) is 0 Å². The van der Waals surface area contributed by atoms with Gasteiger partial charge in [0.05, 0.1) is 0 Å². The summed E-state index contributed by atoms with van der Waals surface area (Å²) >= 11 is 0. The van der Waals surface area contributed by atoms with E-state index in [0.29, 0.717) is 0 Å². The Morgan fingerprint density at radius 2 is 0.800 bits per heavy atom. The summed E-state index contributed by atoms with van der Waals surface area (Å²) < 4.78 is 0. The van der Waals surface area contributed by atoms with Gasteiger partial charge in [-0.25, -0.2) is 0 Å². The molecule has 0 aliphatic carbocycles. The first-order valence-corrected chi connectivity index (χ1v) is 9.94. The van der Waals surface area contributed by atoms with Gasteiger partial charge in [-0.15, -0.1) is 0 Å². The Morgan fingerprint density at radius 1 is 0.440 bits per heavy atom. The highest BCUT2D eigenvalue weighted by Gasteiger charge is 1.94. The molecule has 0 amide bonds. The average molecular weight is 339 g/mol. The second-order valence-electron chi connectivity index (χ2n) is 6.80. The van der Waals surface area contributed by atoms with Crippen molar-refractivity contribution in [2.45, 2.75) is 58.0 Å². The molecule has 2 N–H and O–H groups in total. The SMILES string of the molecule is c1ccc(CNCCCCCCCCCNCc2ccccc2)cc1. The van der Waals surface area contributed by atoms with E-state index in [-0.39, 0.29) is 0 Å². The summed E-state index contributed by atoms with van der Waals surface area (Å²) in [5.74, 6) is 0. The van der Waals surface area contributed by atoms with Crippen LogP contribution in [0.15, 0.2) is 60.7 Å². The largest absolute Gasteiger partial charge is 0.313 e. The molecule has 2 aromatic rings. The lowest BCUT2D eigenvalue weighted by atomic mass is 10.1. The lowest BCUT2D eigenvalue weighted by molar-refractivity contribution is 0.544. The van der Waals surface area contributed by atoms with Crippen LogP contribution in [0.2, 0.25) is 0 Å². The van der Waals surface area contributed by atoms with Crippen molar-refractivity contribution in [2.24, 2.45) is 0 Å². The molecule has 0 saturated heterocycles. The topological polar surface area (TPSA) is 24.1 Å². The maximum atomic E-state index is 3.53. The zero-order valence-electron chi connectivity index (χ0n) is 15.6. The van der Waals surface area contributed by atoms with Gasteiger partial charge in [0, 0.05) is 13.1 Å². The lowest BCUT2D eigenvalue weighted by Gasteiger charge is -2.06. The molecule has 136 valence electrons. The van der Waals surface area contributed by atoms with E-state index in [9.17, 15) is 0 Å². The van der Waals surface area contributed by atoms with E-state index < -0.39 is 0 Å². The summed E-state index contributed by atoms with van der Waals surface area (Å²) in [5.41, 5.74) is 2.76. The van der Waals surface area contributed by atoms with Crippen LogP contribution in [0.1, 0.15) is 56.1 Å². The molecule has 0 aliphatic heterocycles. The van der Waals surface area contributed by atoms with Crippen LogP contribution in [0.3, 0.4) is 0 Å². The highest BCUT2D eigenvalue weighted by Crippen LogP contribution is 2.07. The monoisotopic (exact) mass is 338 g/mol. The van der Waals surface area contributed by atoms with Gasteiger partial charge in [0.15, 0.2) is 0 Å². The fourth-order valence-corrected chi connectivity index (χ4v) is 3.04. The highest BCUT2D eigenvalue weighted by molar-refractivity contribution is 5.14. The van der Waals surface area contributed by atoms with E-state index in [0.717, 1.165) is 26.2 Å². The van der Waals surface area contributed by atoms with Crippen molar-refractivity contribution in [3.8, 4) is 0 Å². The normalized spacial score (nSPS) is 10.9. The smallest absolute Gasteiger partial charge is 0.0205 e. The molecule has 0 fully saturated rings. The van der Waals surface area contributed by atoms with Gasteiger partial charge in [-0.3, -0.25) is 0 Å². The van der Waals surface area contributed by atoms with Gasteiger partial charge in [-0.2, -0.15) is 0 Å². The maximum Gasteiger partial charge on any atom is 0.0205 e. The Hall–Kier alpha value is -1.64. The van der Waals surface area contributed by atoms with Crippen molar-refractivity contribution in [1.29, 1.82) is 0 Å². The molecule has 0 atom stereocenters. The predicted molar refractivity (Wildman–Crippen MR) is 109 cm³/mol. The van der Waals surface area contributed by atoms with Crippen molar-refractivity contribution < 1.29 is 0 Å². The summed E-state index contributed by atoms with van der Waals surface area (Å²) in [4.78, 5) is 0. The molecule has 0 bridgehead atoms. The molecule has 2 nitrogen and oxygen atoms in total. The maximum absolute atomic E-state index is 3.53. The average Bonchev–Trinajstić information content (AvgIpc) is 2.67. The molecule has 0 spiro atoms. The Kier molecular flexibility index (Phi) is 10.7. The Labute approximate surface area is 154 Å². The number of unbranched alkanes of at least 4 members (excludes halogenated alkanes) is 6. The zero-order valence-corrected chi connectivity index (χ0v) is 15.6. The number of hydrogen-bond acceptors (Lipinski definition) is 2. The minimum atomic E-state index is 0.997. The van der Waals surface area contributed by atoms with E-state index in [1.165, 1.54) is 56.1 Å². The van der Waals surface area contributed by atoms with E-state index >= 15 is 0 Å². The molecule has 0 aromatic heterocycles. The van der Waals surface area contributed by atoms with Crippen LogP contribution in [0, 0.1) is 0 Å². The van der Waals surface area contributed by atoms with Crippen LogP contribution in [-0.4, -0.2) is 13.1 Å². The minimum absolute atomic E-state index is 0.997. The fraction of sp³-hybridized carbons (Fsp3) is 0.478. The van der Waals surface area contributed by atoms with Crippen molar-refractivity contribution >= 4 is 0 Å². The first-order valence-electron chi connectivity index (χ1n) is 9.94. The van der Waals surface area contributed by atoms with Crippen LogP contribution in [0.25, 0.3) is 0 Å². The number of nitrogens with one attached hydrogen (secondary N) is 2. The molecule has 0 radical (unpaired) electrons. The molecule has 25 heavy (non-hydrogen) atoms. The van der Waals surface area contributed by atoms with Crippen LogP contribution >= 0.6 is 0 Å². The standard InChI is InChI=1S/C23H34N2/c1(2-4-12-18-24-20-22-14-8-6-9-15-22)3-5-13-19-25-21-23-16-10-7-11-17-23/h6-11,14-17,24-25H,1-5,12-13,18-21H2. The molecule has 0 aliphatic rings. The number of rotatable bonds is 14. The highest BCUT2D eigenvalue weighted by atomic mass is 14.8. The molecule has 2 heteroatoms. The lowest BCUT2D eigenvalue weighted by Crippen LogP contribution is -2.14. The first kappa shape index (κ1) is 19.7. The van der Waals surface area contributed by atoms with Crippen LogP contribution in [-0.2, 0) is 13.1 Å². The van der Waals surface area contributed by atoms with Gasteiger partial charge in [0.25, 0.3) is 0 Å². The van der Waals surface area contributed by atoms with Gasteiger partial charge >= 0.3 is 0 Å². The first-order chi connectivity index (χ1) is 12.4. The third kappa shape index (κ3) is 10.1. The quantitative estimate of drug-likeness (QED) is 0.457. The van der Waals surface area contributed by atoms with E-state index in [1.807, 2.05) is 0 Å². The summed E-state index contributed by atoms with van der Waals surface area (Å²) in [7, 11) is 0. The molecular formula is C23H34N2. The number of hydrogen-bond donors (Lipinski definition) is 2.